The van der Waals surface area contributed by atoms with Gasteiger partial charge in [0.15, 0.2) is 0 Å². The van der Waals surface area contributed by atoms with E-state index in [-0.39, 0.29) is 12.4 Å². The van der Waals surface area contributed by atoms with Crippen LogP contribution in [0.4, 0.5) is 10.1 Å². The molecule has 0 saturated carbocycles. The molecule has 0 aromatic heterocycles. The molecular formula is C15H25FN2O. The molecule has 0 aliphatic rings. The highest BCUT2D eigenvalue weighted by Crippen LogP contribution is 2.24. The second kappa shape index (κ2) is 8.12. The molecule has 0 radical (unpaired) electrons. The van der Waals surface area contributed by atoms with Crippen LogP contribution in [0.2, 0.25) is 0 Å². The number of rotatable bonds is 8. The first-order valence-electron chi connectivity index (χ1n) is 6.94. The standard InChI is InChI=1S/C15H25FN2O/c1-4-18(8-9-19)15-13(6-5-7-14(15)16)11-17-10-12(2)3/h5-7,12,17,19H,4,8-11H2,1-3H3. The molecule has 2 N–H and O–H groups in total. The minimum Gasteiger partial charge on any atom is -0.395 e. The molecule has 1 aromatic rings. The number of halogens is 1. The van der Waals surface area contributed by atoms with Crippen molar-refractivity contribution in [3.05, 3.63) is 29.6 Å². The van der Waals surface area contributed by atoms with Crippen LogP contribution in [0.3, 0.4) is 0 Å². The van der Waals surface area contributed by atoms with Crippen molar-refractivity contribution in [1.29, 1.82) is 0 Å². The number of aliphatic hydroxyl groups is 1. The summed E-state index contributed by atoms with van der Waals surface area (Å²) in [4.78, 5) is 1.88. The maximum atomic E-state index is 14.0. The van der Waals surface area contributed by atoms with Crippen LogP contribution in [0.1, 0.15) is 26.3 Å². The van der Waals surface area contributed by atoms with Gasteiger partial charge in [0.05, 0.1) is 12.3 Å². The van der Waals surface area contributed by atoms with Gasteiger partial charge >= 0.3 is 0 Å². The van der Waals surface area contributed by atoms with Crippen molar-refractivity contribution in [3.8, 4) is 0 Å². The monoisotopic (exact) mass is 268 g/mol. The van der Waals surface area contributed by atoms with Crippen LogP contribution in [0.25, 0.3) is 0 Å². The van der Waals surface area contributed by atoms with E-state index in [2.05, 4.69) is 19.2 Å². The molecule has 19 heavy (non-hydrogen) atoms. The summed E-state index contributed by atoms with van der Waals surface area (Å²) in [6.07, 6.45) is 0. The van der Waals surface area contributed by atoms with Gasteiger partial charge in [0.2, 0.25) is 0 Å². The summed E-state index contributed by atoms with van der Waals surface area (Å²) in [5.74, 6) is 0.343. The van der Waals surface area contributed by atoms with Gasteiger partial charge in [-0.3, -0.25) is 0 Å². The molecule has 1 aromatic carbocycles. The molecular weight excluding hydrogens is 243 g/mol. The molecule has 0 heterocycles. The molecule has 0 fully saturated rings. The first-order chi connectivity index (χ1) is 9.10. The molecule has 4 heteroatoms. The van der Waals surface area contributed by atoms with Gasteiger partial charge in [-0.1, -0.05) is 26.0 Å². The Kier molecular flexibility index (Phi) is 6.81. The summed E-state index contributed by atoms with van der Waals surface area (Å²) in [5.41, 5.74) is 1.55. The third-order valence-corrected chi connectivity index (χ3v) is 3.01. The highest BCUT2D eigenvalue weighted by atomic mass is 19.1. The van der Waals surface area contributed by atoms with Crippen LogP contribution in [0.5, 0.6) is 0 Å². The fraction of sp³-hybridized carbons (Fsp3) is 0.600. The lowest BCUT2D eigenvalue weighted by atomic mass is 10.1. The Labute approximate surface area is 115 Å². The van der Waals surface area contributed by atoms with Crippen molar-refractivity contribution >= 4 is 5.69 Å². The topological polar surface area (TPSA) is 35.5 Å². The average molecular weight is 268 g/mol. The Morgan fingerprint density at radius 3 is 2.68 bits per heavy atom. The summed E-state index contributed by atoms with van der Waals surface area (Å²) < 4.78 is 14.0. The Morgan fingerprint density at radius 2 is 2.11 bits per heavy atom. The zero-order valence-corrected chi connectivity index (χ0v) is 12.1. The van der Waals surface area contributed by atoms with Gasteiger partial charge < -0.3 is 15.3 Å². The summed E-state index contributed by atoms with van der Waals surface area (Å²) in [6, 6.07) is 5.14. The second-order valence-electron chi connectivity index (χ2n) is 5.08. The molecule has 1 rings (SSSR count). The van der Waals surface area contributed by atoms with Crippen LogP contribution in [0, 0.1) is 11.7 Å². The Morgan fingerprint density at radius 1 is 1.37 bits per heavy atom. The largest absolute Gasteiger partial charge is 0.395 e. The van der Waals surface area contributed by atoms with E-state index >= 15 is 0 Å². The van der Waals surface area contributed by atoms with Gasteiger partial charge in [0, 0.05) is 19.6 Å². The average Bonchev–Trinajstić information content (AvgIpc) is 2.36. The minimum atomic E-state index is -0.223. The van der Waals surface area contributed by atoms with Crippen molar-refractivity contribution in [2.24, 2.45) is 5.92 Å². The molecule has 0 bridgehead atoms. The zero-order valence-electron chi connectivity index (χ0n) is 12.1. The Hall–Kier alpha value is -1.13. The molecule has 0 amide bonds. The zero-order chi connectivity index (χ0) is 14.3. The number of likely N-dealkylation sites (N-methyl/N-ethyl adjacent to an activating group) is 1. The van der Waals surface area contributed by atoms with E-state index in [4.69, 9.17) is 5.11 Å². The van der Waals surface area contributed by atoms with Gasteiger partial charge in [-0.2, -0.15) is 0 Å². The first-order valence-corrected chi connectivity index (χ1v) is 6.94. The van der Waals surface area contributed by atoms with E-state index in [0.717, 1.165) is 12.1 Å². The Balaban J connectivity index is 2.87. The van der Waals surface area contributed by atoms with Crippen molar-refractivity contribution in [1.82, 2.24) is 5.32 Å². The lowest BCUT2D eigenvalue weighted by molar-refractivity contribution is 0.302. The quantitative estimate of drug-likeness (QED) is 0.760. The van der Waals surface area contributed by atoms with E-state index < -0.39 is 0 Å². The SMILES string of the molecule is CCN(CCO)c1c(F)cccc1CNCC(C)C. The van der Waals surface area contributed by atoms with E-state index in [9.17, 15) is 4.39 Å². The third kappa shape index (κ3) is 4.80. The molecule has 0 aliphatic heterocycles. The van der Waals surface area contributed by atoms with E-state index in [1.54, 1.807) is 6.07 Å². The van der Waals surface area contributed by atoms with Crippen molar-refractivity contribution in [2.45, 2.75) is 27.3 Å². The number of nitrogens with one attached hydrogen (secondary N) is 1. The predicted octanol–water partition coefficient (Wildman–Crippen LogP) is 2.39. The van der Waals surface area contributed by atoms with Gasteiger partial charge in [0.1, 0.15) is 5.82 Å². The summed E-state index contributed by atoms with van der Waals surface area (Å²) >= 11 is 0. The van der Waals surface area contributed by atoms with Crippen LogP contribution < -0.4 is 10.2 Å². The highest BCUT2D eigenvalue weighted by Gasteiger charge is 2.14. The summed E-state index contributed by atoms with van der Waals surface area (Å²) in [5, 5.41) is 12.4. The number of nitrogens with zero attached hydrogens (tertiary/aromatic N) is 1. The molecule has 0 atom stereocenters. The summed E-state index contributed by atoms with van der Waals surface area (Å²) in [7, 11) is 0. The van der Waals surface area contributed by atoms with Crippen molar-refractivity contribution < 1.29 is 9.50 Å². The number of aliphatic hydroxyl groups excluding tert-OH is 1. The van der Waals surface area contributed by atoms with Crippen molar-refractivity contribution in [2.75, 3.05) is 31.1 Å². The van der Waals surface area contributed by atoms with Crippen LogP contribution in [-0.2, 0) is 6.54 Å². The minimum absolute atomic E-state index is 0.0288. The molecule has 108 valence electrons. The van der Waals surface area contributed by atoms with E-state index in [0.29, 0.717) is 31.2 Å². The van der Waals surface area contributed by atoms with Gasteiger partial charge in [-0.25, -0.2) is 4.39 Å². The lowest BCUT2D eigenvalue weighted by Crippen LogP contribution is -2.29. The second-order valence-corrected chi connectivity index (χ2v) is 5.08. The van der Waals surface area contributed by atoms with Crippen molar-refractivity contribution in [3.63, 3.8) is 0 Å². The maximum absolute atomic E-state index is 14.0. The third-order valence-electron chi connectivity index (χ3n) is 3.01. The number of hydrogen-bond donors (Lipinski definition) is 2. The smallest absolute Gasteiger partial charge is 0.146 e. The van der Waals surface area contributed by atoms with Crippen LogP contribution >= 0.6 is 0 Å². The predicted molar refractivity (Wildman–Crippen MR) is 77.9 cm³/mol. The lowest BCUT2D eigenvalue weighted by Gasteiger charge is -2.25. The number of benzene rings is 1. The van der Waals surface area contributed by atoms with Gasteiger partial charge in [-0.15, -0.1) is 0 Å². The van der Waals surface area contributed by atoms with Gasteiger partial charge in [-0.05, 0) is 31.0 Å². The number of anilines is 1. The normalized spacial score (nSPS) is 11.1. The molecule has 0 spiro atoms. The fourth-order valence-corrected chi connectivity index (χ4v) is 2.10. The molecule has 0 saturated heterocycles. The van der Waals surface area contributed by atoms with E-state index in [1.807, 2.05) is 17.9 Å². The number of para-hydroxylation sites is 1. The van der Waals surface area contributed by atoms with Gasteiger partial charge in [0.25, 0.3) is 0 Å². The number of hydrogen-bond acceptors (Lipinski definition) is 3. The molecule has 0 aliphatic carbocycles. The molecule has 0 unspecified atom stereocenters. The van der Waals surface area contributed by atoms with Crippen LogP contribution in [0.15, 0.2) is 18.2 Å². The maximum Gasteiger partial charge on any atom is 0.146 e. The highest BCUT2D eigenvalue weighted by molar-refractivity contribution is 5.54. The van der Waals surface area contributed by atoms with Crippen LogP contribution in [-0.4, -0.2) is 31.3 Å². The Bertz CT molecular complexity index is 382. The molecule has 3 nitrogen and oxygen atoms in total. The van der Waals surface area contributed by atoms with E-state index in [1.165, 1.54) is 6.07 Å². The summed E-state index contributed by atoms with van der Waals surface area (Å²) in [6.45, 7) is 8.96. The first kappa shape index (κ1) is 15.9. The fourth-order valence-electron chi connectivity index (χ4n) is 2.10.